The minimum Gasteiger partial charge on any atom is -0.444 e. The summed E-state index contributed by atoms with van der Waals surface area (Å²) >= 11 is 0. The van der Waals surface area contributed by atoms with Gasteiger partial charge in [0.2, 0.25) is 0 Å². The van der Waals surface area contributed by atoms with Gasteiger partial charge >= 0.3 is 18.2 Å². The van der Waals surface area contributed by atoms with Crippen molar-refractivity contribution in [2.75, 3.05) is 70.9 Å². The van der Waals surface area contributed by atoms with Gasteiger partial charge in [0.1, 0.15) is 11.6 Å². The Kier molecular flexibility index (Phi) is 8.29. The highest BCUT2D eigenvalue weighted by Gasteiger charge is 2.44. The van der Waals surface area contributed by atoms with Gasteiger partial charge in [-0.25, -0.2) is 19.4 Å². The number of hydrogen-bond donors (Lipinski definition) is 2. The molecule has 14 heteroatoms. The van der Waals surface area contributed by atoms with Crippen molar-refractivity contribution in [3.05, 3.63) is 40.6 Å². The van der Waals surface area contributed by atoms with Gasteiger partial charge in [0.25, 0.3) is 0 Å². The molecule has 0 bridgehead atoms. The van der Waals surface area contributed by atoms with Crippen LogP contribution in [0.25, 0.3) is 0 Å². The van der Waals surface area contributed by atoms with Crippen molar-refractivity contribution < 1.29 is 28.7 Å². The van der Waals surface area contributed by atoms with E-state index in [1.54, 1.807) is 20.9 Å². The minimum absolute atomic E-state index is 0.00565. The van der Waals surface area contributed by atoms with Crippen molar-refractivity contribution in [3.63, 3.8) is 0 Å². The Bertz CT molecular complexity index is 1380. The van der Waals surface area contributed by atoms with Crippen molar-refractivity contribution in [2.45, 2.75) is 45.3 Å². The number of nitrogens with one attached hydrogen (secondary N) is 2. The topological polar surface area (TPSA) is 148 Å². The van der Waals surface area contributed by atoms with Gasteiger partial charge in [-0.05, 0) is 45.2 Å². The van der Waals surface area contributed by atoms with E-state index in [9.17, 15) is 19.2 Å². The summed E-state index contributed by atoms with van der Waals surface area (Å²) in [4.78, 5) is 57.4. The van der Waals surface area contributed by atoms with Gasteiger partial charge in [-0.1, -0.05) is 12.1 Å². The number of ether oxygens (including phenoxy) is 2. The summed E-state index contributed by atoms with van der Waals surface area (Å²) in [7, 11) is 0. The third-order valence-electron chi connectivity index (χ3n) is 8.57. The number of morpholine rings is 1. The van der Waals surface area contributed by atoms with E-state index >= 15 is 0 Å². The molecule has 0 saturated carbocycles. The van der Waals surface area contributed by atoms with Crippen molar-refractivity contribution in [1.82, 2.24) is 25.1 Å². The van der Waals surface area contributed by atoms with E-state index in [1.165, 1.54) is 0 Å². The number of piperazine rings is 1. The highest BCUT2D eigenvalue weighted by atomic mass is 16.6. The molecule has 1 aromatic carbocycles. The molecule has 5 amide bonds. The molecule has 44 heavy (non-hydrogen) atoms. The van der Waals surface area contributed by atoms with E-state index in [0.717, 1.165) is 5.56 Å². The number of fused-ring (bicyclic) bond motifs is 3. The molecule has 1 atom stereocenters. The van der Waals surface area contributed by atoms with Crippen LogP contribution < -0.4 is 10.7 Å². The lowest BCUT2D eigenvalue weighted by molar-refractivity contribution is 0.0154. The first-order valence-corrected chi connectivity index (χ1v) is 15.3. The van der Waals surface area contributed by atoms with E-state index in [-0.39, 0.29) is 23.8 Å². The third kappa shape index (κ3) is 6.13. The molecule has 0 spiro atoms. The number of likely N-dealkylation sites (tertiary alicyclic amines) is 1. The lowest BCUT2D eigenvalue weighted by atomic mass is 9.89. The number of anilines is 1. The Hall–Kier alpha value is -4.04. The maximum Gasteiger partial charge on any atom is 0.410 e. The lowest BCUT2D eigenvalue weighted by Crippen LogP contribution is -2.55. The smallest absolute Gasteiger partial charge is 0.410 e. The number of amides is 5. The first-order valence-electron chi connectivity index (χ1n) is 15.3. The second kappa shape index (κ2) is 12.2. The molecule has 0 radical (unpaired) electrons. The molecule has 4 heterocycles. The van der Waals surface area contributed by atoms with Crippen LogP contribution in [-0.2, 0) is 9.47 Å². The zero-order valence-corrected chi connectivity index (χ0v) is 25.5. The zero-order valence-electron chi connectivity index (χ0n) is 25.5. The van der Waals surface area contributed by atoms with Crippen LogP contribution in [0.4, 0.5) is 20.1 Å². The number of carbonyl (C=O) groups excluding carboxylic acids is 4. The number of ketones is 1. The molecule has 0 aromatic heterocycles. The lowest BCUT2D eigenvalue weighted by Gasteiger charge is -2.39. The monoisotopic (exact) mass is 608 g/mol. The molecule has 1 aliphatic carbocycles. The van der Waals surface area contributed by atoms with E-state index in [0.29, 0.717) is 101 Å². The predicted octanol–water partition coefficient (Wildman–Crippen LogP) is 3.40. The Morgan fingerprint density at radius 2 is 1.59 bits per heavy atom. The van der Waals surface area contributed by atoms with Crippen LogP contribution in [0.2, 0.25) is 0 Å². The molecule has 6 rings (SSSR count). The van der Waals surface area contributed by atoms with Gasteiger partial charge in [-0.15, -0.1) is 0 Å². The van der Waals surface area contributed by atoms with Crippen LogP contribution in [0.15, 0.2) is 39.7 Å². The number of piperidine rings is 1. The quantitative estimate of drug-likeness (QED) is 0.534. The SMILES string of the molecule is CC(C)(C)OC(=O)N1CCN(C(=O)N2CCC(C3=C4C(=O)c5c(NC(=O)NN6CCOCC6)cccc5C4N=N3)CC2)CC1. The van der Waals surface area contributed by atoms with Crippen molar-refractivity contribution in [1.29, 1.82) is 0 Å². The molecule has 4 aliphatic heterocycles. The van der Waals surface area contributed by atoms with E-state index in [1.807, 2.05) is 37.8 Å². The van der Waals surface area contributed by atoms with Crippen LogP contribution in [-0.4, -0.2) is 115 Å². The largest absolute Gasteiger partial charge is 0.444 e. The van der Waals surface area contributed by atoms with Crippen LogP contribution >= 0.6 is 0 Å². The number of hydrazine groups is 1. The van der Waals surface area contributed by atoms with Crippen LogP contribution in [0.3, 0.4) is 0 Å². The first-order chi connectivity index (χ1) is 21.1. The fourth-order valence-corrected chi connectivity index (χ4v) is 6.34. The maximum atomic E-state index is 13.8. The Labute approximate surface area is 256 Å². The average Bonchev–Trinajstić information content (AvgIpc) is 3.56. The Morgan fingerprint density at radius 3 is 2.27 bits per heavy atom. The summed E-state index contributed by atoms with van der Waals surface area (Å²) in [5.41, 5.74) is 5.17. The molecule has 14 nitrogen and oxygen atoms in total. The van der Waals surface area contributed by atoms with E-state index in [2.05, 4.69) is 21.0 Å². The molecule has 3 fully saturated rings. The van der Waals surface area contributed by atoms with Crippen molar-refractivity contribution in [3.8, 4) is 0 Å². The number of urea groups is 2. The fourth-order valence-electron chi connectivity index (χ4n) is 6.34. The molecule has 3 saturated heterocycles. The molecule has 236 valence electrons. The zero-order chi connectivity index (χ0) is 31.0. The molecule has 2 N–H and O–H groups in total. The summed E-state index contributed by atoms with van der Waals surface area (Å²) in [6, 6.07) is 4.48. The van der Waals surface area contributed by atoms with Gasteiger partial charge < -0.3 is 29.5 Å². The number of nitrogens with zero attached hydrogens (tertiary/aromatic N) is 6. The van der Waals surface area contributed by atoms with Crippen molar-refractivity contribution >= 4 is 29.6 Å². The van der Waals surface area contributed by atoms with Crippen molar-refractivity contribution in [2.24, 2.45) is 16.1 Å². The molecular formula is C30H40N8O6. The number of benzene rings is 1. The molecular weight excluding hydrogens is 568 g/mol. The summed E-state index contributed by atoms with van der Waals surface area (Å²) in [5, 5.41) is 13.6. The number of hydrogen-bond acceptors (Lipinski definition) is 9. The van der Waals surface area contributed by atoms with E-state index in [4.69, 9.17) is 9.47 Å². The second-order valence-electron chi connectivity index (χ2n) is 12.7. The van der Waals surface area contributed by atoms with Gasteiger partial charge in [-0.3, -0.25) is 10.2 Å². The summed E-state index contributed by atoms with van der Waals surface area (Å²) in [6.45, 7) is 10.6. The summed E-state index contributed by atoms with van der Waals surface area (Å²) < 4.78 is 10.8. The van der Waals surface area contributed by atoms with Crippen LogP contribution in [0, 0.1) is 5.92 Å². The number of rotatable bonds is 3. The van der Waals surface area contributed by atoms with E-state index < -0.39 is 17.7 Å². The summed E-state index contributed by atoms with van der Waals surface area (Å²) in [6.07, 6.45) is 0.988. The highest BCUT2D eigenvalue weighted by molar-refractivity contribution is 6.19. The standard InChI is InChI=1S/C30H40N8O6/c1-30(2,3)44-29(42)37-13-11-36(12-14-37)28(41)35-9-7-19(8-10-35)24-23-25(33-32-24)20-5-4-6-21(22(20)26(23)39)31-27(40)34-38-15-17-43-18-16-38/h4-6,19,25H,7-18H2,1-3H3,(H2,31,34,40). The molecule has 1 aromatic rings. The number of carbonyl (C=O) groups is 4. The highest BCUT2D eigenvalue weighted by Crippen LogP contribution is 2.49. The number of allylic oxidation sites excluding steroid dienone is 1. The second-order valence-corrected chi connectivity index (χ2v) is 12.7. The third-order valence-corrected chi connectivity index (χ3v) is 8.57. The summed E-state index contributed by atoms with van der Waals surface area (Å²) in [5.74, 6) is -0.153. The maximum absolute atomic E-state index is 13.8. The average molecular weight is 609 g/mol. The first kappa shape index (κ1) is 30.0. The Balaban J connectivity index is 1.06. The van der Waals surface area contributed by atoms with Gasteiger partial charge in [0, 0.05) is 58.3 Å². The minimum atomic E-state index is -0.561. The number of Topliss-reactive ketones (excluding diaryl/α,β-unsaturated/α-hetero) is 1. The normalized spacial score (nSPS) is 22.7. The molecule has 5 aliphatic rings. The number of azo groups is 1. The van der Waals surface area contributed by atoms with Crippen LogP contribution in [0.5, 0.6) is 0 Å². The van der Waals surface area contributed by atoms with Gasteiger partial charge in [0.05, 0.1) is 35.7 Å². The molecule has 1 unspecified atom stereocenters. The van der Waals surface area contributed by atoms with Gasteiger partial charge in [-0.2, -0.15) is 10.2 Å². The Morgan fingerprint density at radius 1 is 0.932 bits per heavy atom. The predicted molar refractivity (Wildman–Crippen MR) is 159 cm³/mol. The fraction of sp³-hybridized carbons (Fsp3) is 0.600. The van der Waals surface area contributed by atoms with Crippen LogP contribution in [0.1, 0.15) is 55.6 Å². The van der Waals surface area contributed by atoms with Gasteiger partial charge in [0.15, 0.2) is 5.78 Å².